The first-order chi connectivity index (χ1) is 4.75. The highest BCUT2D eigenvalue weighted by Crippen LogP contribution is 2.04. The molecule has 1 amide bonds. The number of nitrogens with zero attached hydrogens (tertiary/aromatic N) is 1. The fraction of sp³-hybridized carbons (Fsp3) is 0. The van der Waals surface area contributed by atoms with E-state index in [4.69, 9.17) is 0 Å². The van der Waals surface area contributed by atoms with Gasteiger partial charge in [-0.1, -0.05) is 6.58 Å². The number of allylic oxidation sites excluding steroid dienone is 2. The van der Waals surface area contributed by atoms with Crippen LogP contribution in [0.2, 0.25) is 0 Å². The Morgan fingerprint density at radius 1 is 1.70 bits per heavy atom. The Bertz CT molecular complexity index is 261. The molecular weight excluding hydrogens is 130 g/mol. The second-order valence-corrected chi connectivity index (χ2v) is 1.73. The summed E-state index contributed by atoms with van der Waals surface area (Å²) in [6.45, 7) is 3.24. The molecule has 10 heavy (non-hydrogen) atoms. The maximum atomic E-state index is 10.7. The van der Waals surface area contributed by atoms with Crippen molar-refractivity contribution in [1.82, 2.24) is 0 Å². The molecule has 0 aromatic carbocycles. The van der Waals surface area contributed by atoms with Gasteiger partial charge in [-0.25, -0.2) is 4.99 Å². The Morgan fingerprint density at radius 3 is 2.80 bits per heavy atom. The van der Waals surface area contributed by atoms with E-state index in [0.29, 0.717) is 0 Å². The van der Waals surface area contributed by atoms with Crippen LogP contribution >= 0.6 is 0 Å². The van der Waals surface area contributed by atoms with Crippen molar-refractivity contribution < 1.29 is 9.59 Å². The molecular formula is C7H5NO2. The minimum Gasteiger partial charge on any atom is -0.289 e. The maximum Gasteiger partial charge on any atom is 0.280 e. The fourth-order valence-electron chi connectivity index (χ4n) is 0.618. The summed E-state index contributed by atoms with van der Waals surface area (Å²) < 4.78 is 0. The predicted molar refractivity (Wildman–Crippen MR) is 36.8 cm³/mol. The van der Waals surface area contributed by atoms with Gasteiger partial charge in [-0.3, -0.25) is 9.59 Å². The van der Waals surface area contributed by atoms with E-state index in [1.54, 1.807) is 0 Å². The topological polar surface area (TPSA) is 46.5 Å². The summed E-state index contributed by atoms with van der Waals surface area (Å²) in [5, 5.41) is 0. The zero-order chi connectivity index (χ0) is 7.56. The van der Waals surface area contributed by atoms with E-state index in [0.717, 1.165) is 6.08 Å². The van der Waals surface area contributed by atoms with Crippen molar-refractivity contribution in [2.75, 3.05) is 0 Å². The van der Waals surface area contributed by atoms with Crippen LogP contribution in [0.15, 0.2) is 29.3 Å². The molecule has 0 atom stereocenters. The molecule has 50 valence electrons. The number of aliphatic imine (C=N–C) groups is 1. The summed E-state index contributed by atoms with van der Waals surface area (Å²) in [6.07, 6.45) is 3.78. The largest absolute Gasteiger partial charge is 0.289 e. The Morgan fingerprint density at radius 2 is 2.40 bits per heavy atom. The highest BCUT2D eigenvalue weighted by molar-refractivity contribution is 6.28. The molecule has 1 aliphatic heterocycles. The Labute approximate surface area is 57.8 Å². The lowest BCUT2D eigenvalue weighted by atomic mass is 10.2. The van der Waals surface area contributed by atoms with Crippen molar-refractivity contribution in [3.63, 3.8) is 0 Å². The molecule has 0 fully saturated rings. The monoisotopic (exact) mass is 135 g/mol. The van der Waals surface area contributed by atoms with Gasteiger partial charge in [-0.15, -0.1) is 0 Å². The molecule has 0 saturated heterocycles. The van der Waals surface area contributed by atoms with Gasteiger partial charge in [0.25, 0.3) is 5.91 Å². The molecule has 1 heterocycles. The summed E-state index contributed by atoms with van der Waals surface area (Å²) >= 11 is 0. The van der Waals surface area contributed by atoms with Crippen LogP contribution in [0.5, 0.6) is 0 Å². The van der Waals surface area contributed by atoms with Crippen molar-refractivity contribution in [1.29, 1.82) is 0 Å². The number of carbonyl (C=O) groups is 2. The quantitative estimate of drug-likeness (QED) is 0.403. The van der Waals surface area contributed by atoms with Crippen LogP contribution in [0.1, 0.15) is 0 Å². The third kappa shape index (κ3) is 0.932. The highest BCUT2D eigenvalue weighted by atomic mass is 16.2. The van der Waals surface area contributed by atoms with Gasteiger partial charge >= 0.3 is 0 Å². The van der Waals surface area contributed by atoms with Gasteiger partial charge in [0, 0.05) is 6.21 Å². The van der Waals surface area contributed by atoms with Crippen LogP contribution in [0.25, 0.3) is 0 Å². The zero-order valence-corrected chi connectivity index (χ0v) is 5.20. The zero-order valence-electron chi connectivity index (χ0n) is 5.20. The Kier molecular flexibility index (Phi) is 1.58. The summed E-state index contributed by atoms with van der Waals surface area (Å²) in [5.74, 6) is -0.854. The first kappa shape index (κ1) is 6.61. The number of ketones is 1. The molecule has 1 rings (SSSR count). The van der Waals surface area contributed by atoms with Gasteiger partial charge in [0.15, 0.2) is 5.78 Å². The van der Waals surface area contributed by atoms with Crippen molar-refractivity contribution >= 4 is 17.9 Å². The van der Waals surface area contributed by atoms with Gasteiger partial charge in [0.1, 0.15) is 0 Å². The Hall–Kier alpha value is -1.51. The number of amides is 1. The van der Waals surface area contributed by atoms with E-state index >= 15 is 0 Å². The van der Waals surface area contributed by atoms with Gasteiger partial charge in [-0.2, -0.15) is 0 Å². The predicted octanol–water partition coefficient (Wildman–Crippen LogP) is 0.279. The Balaban J connectivity index is 2.87. The molecule has 1 aliphatic rings. The molecule has 3 nitrogen and oxygen atoms in total. The molecule has 0 saturated carbocycles. The molecule has 0 aromatic heterocycles. The van der Waals surface area contributed by atoms with Crippen LogP contribution < -0.4 is 0 Å². The van der Waals surface area contributed by atoms with Crippen LogP contribution in [-0.4, -0.2) is 17.9 Å². The lowest BCUT2D eigenvalue weighted by Crippen LogP contribution is -2.04. The van der Waals surface area contributed by atoms with Gasteiger partial charge in [0.2, 0.25) is 0 Å². The second-order valence-electron chi connectivity index (χ2n) is 1.73. The van der Waals surface area contributed by atoms with E-state index in [1.165, 1.54) is 12.3 Å². The number of hydrogen-bond acceptors (Lipinski definition) is 2. The van der Waals surface area contributed by atoms with Crippen LogP contribution in [0.3, 0.4) is 0 Å². The van der Waals surface area contributed by atoms with Gasteiger partial charge in [-0.05, 0) is 12.2 Å². The van der Waals surface area contributed by atoms with E-state index in [-0.39, 0.29) is 11.4 Å². The first-order valence-electron chi connectivity index (χ1n) is 2.71. The summed E-state index contributed by atoms with van der Waals surface area (Å²) in [7, 11) is 0. The van der Waals surface area contributed by atoms with Crippen molar-refractivity contribution in [2.45, 2.75) is 0 Å². The van der Waals surface area contributed by atoms with Crippen molar-refractivity contribution in [3.05, 3.63) is 24.3 Å². The molecule has 0 bridgehead atoms. The van der Waals surface area contributed by atoms with E-state index < -0.39 is 5.91 Å². The molecule has 0 aliphatic carbocycles. The molecule has 3 heteroatoms. The van der Waals surface area contributed by atoms with Crippen LogP contribution in [-0.2, 0) is 9.59 Å². The molecule has 0 aromatic rings. The number of carbonyl (C=O) groups excluding carboxylic acids is 2. The number of hydrogen-bond donors (Lipinski definition) is 0. The molecule has 0 radical (unpaired) electrons. The third-order valence-corrected chi connectivity index (χ3v) is 1.11. The number of rotatable bonds is 2. The minimum atomic E-state index is -0.482. The summed E-state index contributed by atoms with van der Waals surface area (Å²) in [6, 6.07) is 0. The first-order valence-corrected chi connectivity index (χ1v) is 2.71. The normalized spacial score (nSPS) is 15.2. The minimum absolute atomic E-state index is 0.0926. The lowest BCUT2D eigenvalue weighted by molar-refractivity contribution is -0.118. The maximum absolute atomic E-state index is 10.7. The smallest absolute Gasteiger partial charge is 0.280 e. The van der Waals surface area contributed by atoms with Crippen molar-refractivity contribution in [2.24, 2.45) is 4.99 Å². The average Bonchev–Trinajstić information content (AvgIpc) is 2.34. The standard InChI is InChI=1S/C7H5NO2/c1-2-6(9)5-3-4-8-7(5)10/h2-4H,1H2. The summed E-state index contributed by atoms with van der Waals surface area (Å²) in [4.78, 5) is 24.7. The second kappa shape index (κ2) is 2.39. The molecule has 0 N–H and O–H groups in total. The molecule has 0 spiro atoms. The average molecular weight is 135 g/mol. The van der Waals surface area contributed by atoms with Crippen LogP contribution in [0, 0.1) is 0 Å². The van der Waals surface area contributed by atoms with Gasteiger partial charge < -0.3 is 0 Å². The van der Waals surface area contributed by atoms with Crippen LogP contribution in [0.4, 0.5) is 0 Å². The lowest BCUT2D eigenvalue weighted by Gasteiger charge is -1.88. The summed E-state index contributed by atoms with van der Waals surface area (Å²) in [5.41, 5.74) is 0.0926. The van der Waals surface area contributed by atoms with E-state index in [9.17, 15) is 9.59 Å². The fourth-order valence-corrected chi connectivity index (χ4v) is 0.618. The third-order valence-electron chi connectivity index (χ3n) is 1.11. The SMILES string of the molecule is C=CC(=O)C1=CC=NC1=O. The van der Waals surface area contributed by atoms with E-state index in [2.05, 4.69) is 11.6 Å². The highest BCUT2D eigenvalue weighted by Gasteiger charge is 2.16. The van der Waals surface area contributed by atoms with Crippen molar-refractivity contribution in [3.8, 4) is 0 Å². The van der Waals surface area contributed by atoms with E-state index in [1.807, 2.05) is 0 Å². The molecule has 0 unspecified atom stereocenters. The van der Waals surface area contributed by atoms with Gasteiger partial charge in [0.05, 0.1) is 5.57 Å².